The Balaban J connectivity index is 1.69. The first-order valence-electron chi connectivity index (χ1n) is 10.4. The molecular formula is C25H27NO3. The van der Waals surface area contributed by atoms with Crippen LogP contribution in [-0.4, -0.2) is 12.6 Å². The Kier molecular flexibility index (Phi) is 4.02. The monoisotopic (exact) mass is 389 g/mol. The second-order valence-corrected chi connectivity index (χ2v) is 9.51. The molecule has 0 amide bonds. The van der Waals surface area contributed by atoms with Gasteiger partial charge in [0.25, 0.3) is 0 Å². The second kappa shape index (κ2) is 6.38. The van der Waals surface area contributed by atoms with Crippen LogP contribution in [0.2, 0.25) is 0 Å². The van der Waals surface area contributed by atoms with Crippen LogP contribution in [0.15, 0.2) is 47.7 Å². The van der Waals surface area contributed by atoms with Gasteiger partial charge in [0, 0.05) is 35.4 Å². The van der Waals surface area contributed by atoms with Crippen molar-refractivity contribution in [3.63, 3.8) is 0 Å². The van der Waals surface area contributed by atoms with Crippen LogP contribution in [0.25, 0.3) is 0 Å². The molecule has 1 N–H and O–H groups in total. The lowest BCUT2D eigenvalue weighted by Crippen LogP contribution is -2.33. The average Bonchev–Trinajstić information content (AvgIpc) is 3.11. The van der Waals surface area contributed by atoms with Crippen LogP contribution in [-0.2, 0) is 4.79 Å². The molecule has 0 aromatic heterocycles. The molecule has 5 rings (SSSR count). The van der Waals surface area contributed by atoms with E-state index in [4.69, 9.17) is 9.47 Å². The highest BCUT2D eigenvalue weighted by Crippen LogP contribution is 2.51. The van der Waals surface area contributed by atoms with Gasteiger partial charge in [-0.05, 0) is 40.5 Å². The third-order valence-corrected chi connectivity index (χ3v) is 6.29. The highest BCUT2D eigenvalue weighted by Gasteiger charge is 2.41. The Labute approximate surface area is 171 Å². The molecule has 2 aromatic rings. The predicted octanol–water partition coefficient (Wildman–Crippen LogP) is 5.74. The topological polar surface area (TPSA) is 47.6 Å². The van der Waals surface area contributed by atoms with E-state index in [1.165, 1.54) is 5.56 Å². The summed E-state index contributed by atoms with van der Waals surface area (Å²) in [7, 11) is 0. The van der Waals surface area contributed by atoms with E-state index >= 15 is 0 Å². The predicted molar refractivity (Wildman–Crippen MR) is 114 cm³/mol. The maximum Gasteiger partial charge on any atom is 0.231 e. The van der Waals surface area contributed by atoms with Crippen molar-refractivity contribution in [1.82, 2.24) is 0 Å². The Morgan fingerprint density at radius 2 is 1.72 bits per heavy atom. The molecule has 150 valence electrons. The fourth-order valence-electron chi connectivity index (χ4n) is 4.82. The third-order valence-electron chi connectivity index (χ3n) is 6.29. The minimum atomic E-state index is -0.0828. The average molecular weight is 389 g/mol. The molecule has 0 saturated heterocycles. The minimum Gasteiger partial charge on any atom is -0.454 e. The molecule has 0 bridgehead atoms. The lowest BCUT2D eigenvalue weighted by Gasteiger charge is -2.39. The molecule has 1 atom stereocenters. The van der Waals surface area contributed by atoms with Crippen molar-refractivity contribution in [2.24, 2.45) is 5.41 Å². The highest BCUT2D eigenvalue weighted by atomic mass is 16.7. The van der Waals surface area contributed by atoms with Gasteiger partial charge in [-0.25, -0.2) is 0 Å². The standard InChI is InChI=1S/C25H27NO3/c1-14(2)15-5-7-16(8-6-15)23-17-9-21-22(29-13-28-21)10-18(17)26-19-11-25(3,4)12-20(27)24(19)23/h5-10,14,23,26H,11-13H2,1-4H3/t23-/m0/s1. The molecule has 2 heterocycles. The summed E-state index contributed by atoms with van der Waals surface area (Å²) in [6.45, 7) is 8.96. The number of hydrogen-bond acceptors (Lipinski definition) is 4. The van der Waals surface area contributed by atoms with E-state index in [0.29, 0.717) is 12.3 Å². The van der Waals surface area contributed by atoms with Crippen LogP contribution in [0.4, 0.5) is 5.69 Å². The number of ether oxygens (including phenoxy) is 2. The number of fused-ring (bicyclic) bond motifs is 2. The van der Waals surface area contributed by atoms with E-state index < -0.39 is 0 Å². The van der Waals surface area contributed by atoms with Crippen molar-refractivity contribution in [3.8, 4) is 11.5 Å². The van der Waals surface area contributed by atoms with Crippen molar-refractivity contribution in [3.05, 3.63) is 64.4 Å². The van der Waals surface area contributed by atoms with Crippen LogP contribution in [0.5, 0.6) is 11.5 Å². The lowest BCUT2D eigenvalue weighted by atomic mass is 9.68. The Bertz CT molecular complexity index is 1030. The second-order valence-electron chi connectivity index (χ2n) is 9.51. The maximum atomic E-state index is 13.3. The molecule has 1 aliphatic carbocycles. The largest absolute Gasteiger partial charge is 0.454 e. The van der Waals surface area contributed by atoms with E-state index in [9.17, 15) is 4.79 Å². The molecule has 0 saturated carbocycles. The Morgan fingerprint density at radius 1 is 1.03 bits per heavy atom. The first-order valence-corrected chi connectivity index (χ1v) is 10.4. The Morgan fingerprint density at radius 3 is 2.41 bits per heavy atom. The molecule has 29 heavy (non-hydrogen) atoms. The van der Waals surface area contributed by atoms with Gasteiger partial charge in [0.2, 0.25) is 6.79 Å². The first-order chi connectivity index (χ1) is 13.8. The quantitative estimate of drug-likeness (QED) is 0.711. The fourth-order valence-corrected chi connectivity index (χ4v) is 4.82. The molecule has 0 spiro atoms. The van der Waals surface area contributed by atoms with Gasteiger partial charge in [-0.1, -0.05) is 52.0 Å². The van der Waals surface area contributed by atoms with Gasteiger partial charge in [0.05, 0.1) is 0 Å². The molecular weight excluding hydrogens is 362 g/mol. The Hall–Kier alpha value is -2.75. The number of Topliss-reactive ketones (excluding diaryl/α,β-unsaturated/α-hetero) is 1. The zero-order valence-electron chi connectivity index (χ0n) is 17.5. The summed E-state index contributed by atoms with van der Waals surface area (Å²) in [5.41, 5.74) is 6.47. The summed E-state index contributed by atoms with van der Waals surface area (Å²) in [6, 6.07) is 12.8. The van der Waals surface area contributed by atoms with E-state index in [2.05, 4.69) is 57.3 Å². The summed E-state index contributed by atoms with van der Waals surface area (Å²) in [6.07, 6.45) is 1.44. The van der Waals surface area contributed by atoms with Crippen LogP contribution in [0.3, 0.4) is 0 Å². The van der Waals surface area contributed by atoms with E-state index in [1.54, 1.807) is 0 Å². The zero-order chi connectivity index (χ0) is 20.3. The number of ketones is 1. The molecule has 2 aromatic carbocycles. The fraction of sp³-hybridized carbons (Fsp3) is 0.400. The normalized spacial score (nSPS) is 21.7. The number of hydrogen-bond donors (Lipinski definition) is 1. The van der Waals surface area contributed by atoms with Crippen molar-refractivity contribution in [1.29, 1.82) is 0 Å². The van der Waals surface area contributed by atoms with Crippen molar-refractivity contribution >= 4 is 11.5 Å². The molecule has 4 nitrogen and oxygen atoms in total. The molecule has 0 unspecified atom stereocenters. The van der Waals surface area contributed by atoms with Crippen LogP contribution in [0, 0.1) is 5.41 Å². The minimum absolute atomic E-state index is 0.0389. The van der Waals surface area contributed by atoms with Gasteiger partial charge >= 0.3 is 0 Å². The number of allylic oxidation sites excluding steroid dienone is 2. The van der Waals surface area contributed by atoms with E-state index in [1.807, 2.05) is 12.1 Å². The van der Waals surface area contributed by atoms with Crippen molar-refractivity contribution in [2.45, 2.75) is 52.4 Å². The van der Waals surface area contributed by atoms with Crippen LogP contribution in [0.1, 0.15) is 69.1 Å². The van der Waals surface area contributed by atoms with E-state index in [0.717, 1.165) is 46.0 Å². The van der Waals surface area contributed by atoms with Crippen LogP contribution < -0.4 is 14.8 Å². The number of rotatable bonds is 2. The summed E-state index contributed by atoms with van der Waals surface area (Å²) in [5.74, 6) is 2.15. The van der Waals surface area contributed by atoms with Gasteiger partial charge in [0.15, 0.2) is 17.3 Å². The van der Waals surface area contributed by atoms with Gasteiger partial charge in [-0.2, -0.15) is 0 Å². The number of benzene rings is 2. The SMILES string of the molecule is CC(C)c1ccc([C@@H]2C3=C(CC(C)(C)CC3=O)Nc3cc4c(cc32)OCO4)cc1. The van der Waals surface area contributed by atoms with Crippen molar-refractivity contribution in [2.75, 3.05) is 12.1 Å². The zero-order valence-corrected chi connectivity index (χ0v) is 17.5. The third kappa shape index (κ3) is 3.02. The summed E-state index contributed by atoms with van der Waals surface area (Å²) in [5, 5.41) is 3.57. The molecule has 3 aliphatic rings. The van der Waals surface area contributed by atoms with Gasteiger partial charge in [0.1, 0.15) is 0 Å². The molecule has 0 fully saturated rings. The lowest BCUT2D eigenvalue weighted by molar-refractivity contribution is -0.118. The van der Waals surface area contributed by atoms with Crippen molar-refractivity contribution < 1.29 is 14.3 Å². The number of nitrogens with one attached hydrogen (secondary N) is 1. The van der Waals surface area contributed by atoms with Crippen LogP contribution >= 0.6 is 0 Å². The maximum absolute atomic E-state index is 13.3. The summed E-state index contributed by atoms with van der Waals surface area (Å²) < 4.78 is 11.2. The summed E-state index contributed by atoms with van der Waals surface area (Å²) in [4.78, 5) is 13.3. The van der Waals surface area contributed by atoms with E-state index in [-0.39, 0.29) is 23.9 Å². The van der Waals surface area contributed by atoms with Gasteiger partial charge < -0.3 is 14.8 Å². The molecule has 4 heteroatoms. The van der Waals surface area contributed by atoms with Gasteiger partial charge in [-0.15, -0.1) is 0 Å². The molecule has 2 aliphatic heterocycles. The highest BCUT2D eigenvalue weighted by molar-refractivity contribution is 6.01. The number of anilines is 1. The summed E-state index contributed by atoms with van der Waals surface area (Å²) >= 11 is 0. The first kappa shape index (κ1) is 18.3. The number of carbonyl (C=O) groups is 1. The molecule has 0 radical (unpaired) electrons. The van der Waals surface area contributed by atoms with Gasteiger partial charge in [-0.3, -0.25) is 4.79 Å². The number of carbonyl (C=O) groups excluding carboxylic acids is 1. The smallest absolute Gasteiger partial charge is 0.231 e.